The highest BCUT2D eigenvalue weighted by molar-refractivity contribution is 7.91. The van der Waals surface area contributed by atoms with Crippen molar-refractivity contribution in [1.29, 1.82) is 0 Å². The number of carbonyl (C=O) groups excluding carboxylic acids is 1. The molecule has 1 saturated heterocycles. The van der Waals surface area contributed by atoms with Crippen molar-refractivity contribution in [3.05, 3.63) is 46.7 Å². The molecule has 7 nitrogen and oxygen atoms in total. The van der Waals surface area contributed by atoms with Crippen molar-refractivity contribution in [2.75, 3.05) is 17.4 Å². The van der Waals surface area contributed by atoms with E-state index in [1.165, 1.54) is 4.90 Å². The summed E-state index contributed by atoms with van der Waals surface area (Å²) in [4.78, 5) is 13.8. The first-order chi connectivity index (χ1) is 12.4. The smallest absolute Gasteiger partial charge is 0.238 e. The van der Waals surface area contributed by atoms with E-state index in [9.17, 15) is 13.2 Å². The van der Waals surface area contributed by atoms with Crippen LogP contribution in [-0.2, 0) is 27.7 Å². The molecule has 1 aliphatic heterocycles. The summed E-state index contributed by atoms with van der Waals surface area (Å²) >= 11 is 11.6. The molecule has 0 aliphatic carbocycles. The average Bonchev–Trinajstić information content (AvgIpc) is 3.19. The van der Waals surface area contributed by atoms with Gasteiger partial charge in [-0.3, -0.25) is 4.79 Å². The molecule has 0 spiro atoms. The van der Waals surface area contributed by atoms with Crippen molar-refractivity contribution in [2.24, 2.45) is 0 Å². The van der Waals surface area contributed by atoms with E-state index >= 15 is 0 Å². The molecule has 2 heterocycles. The Hall–Kier alpha value is -1.64. The molecule has 26 heavy (non-hydrogen) atoms. The summed E-state index contributed by atoms with van der Waals surface area (Å²) in [5.41, 5.74) is 1.70. The van der Waals surface area contributed by atoms with Crippen molar-refractivity contribution in [2.45, 2.75) is 25.6 Å². The van der Waals surface area contributed by atoms with Gasteiger partial charge < -0.3 is 4.90 Å². The number of nitrogens with zero attached hydrogens (tertiary/aromatic N) is 4. The van der Waals surface area contributed by atoms with Crippen LogP contribution in [0.1, 0.15) is 17.7 Å². The van der Waals surface area contributed by atoms with E-state index in [2.05, 4.69) is 10.3 Å². The van der Waals surface area contributed by atoms with Gasteiger partial charge in [0, 0.05) is 11.1 Å². The zero-order valence-electron chi connectivity index (χ0n) is 13.9. The molecule has 2 aromatic rings. The van der Waals surface area contributed by atoms with E-state index < -0.39 is 9.84 Å². The molecule has 0 N–H and O–H groups in total. The first-order valence-corrected chi connectivity index (χ1v) is 10.8. The minimum Gasteiger partial charge on any atom is -0.332 e. The Bertz CT molecular complexity index is 883. The van der Waals surface area contributed by atoms with Gasteiger partial charge in [-0.25, -0.2) is 13.1 Å². The minimum atomic E-state index is -3.11. The fourth-order valence-corrected chi connectivity index (χ4v) is 5.00. The lowest BCUT2D eigenvalue weighted by atomic mass is 10.2. The Balaban J connectivity index is 1.78. The average molecular weight is 417 g/mol. The lowest BCUT2D eigenvalue weighted by molar-refractivity contribution is -0.131. The molecule has 1 aromatic heterocycles. The van der Waals surface area contributed by atoms with Crippen LogP contribution in [0.3, 0.4) is 0 Å². The number of alkyl halides is 1. The van der Waals surface area contributed by atoms with Crippen LogP contribution < -0.4 is 0 Å². The summed E-state index contributed by atoms with van der Waals surface area (Å²) in [7, 11) is -3.11. The van der Waals surface area contributed by atoms with Gasteiger partial charge >= 0.3 is 0 Å². The van der Waals surface area contributed by atoms with E-state index in [4.69, 9.17) is 23.2 Å². The van der Waals surface area contributed by atoms with Gasteiger partial charge in [-0.15, -0.1) is 16.7 Å². The summed E-state index contributed by atoms with van der Waals surface area (Å²) in [6.45, 7) is 0.685. The van der Waals surface area contributed by atoms with E-state index in [-0.39, 0.29) is 35.9 Å². The maximum Gasteiger partial charge on any atom is 0.238 e. The second-order valence-electron chi connectivity index (χ2n) is 6.22. The van der Waals surface area contributed by atoms with E-state index in [0.29, 0.717) is 23.7 Å². The quantitative estimate of drug-likeness (QED) is 0.669. The molecule has 1 amide bonds. The highest BCUT2D eigenvalue weighted by Crippen LogP contribution is 2.21. The first kappa shape index (κ1) is 19.1. The molecular formula is C16H18Cl2N4O3S. The summed E-state index contributed by atoms with van der Waals surface area (Å²) in [6, 6.07) is 6.99. The lowest BCUT2D eigenvalue weighted by Crippen LogP contribution is -2.41. The number of benzene rings is 1. The predicted molar refractivity (Wildman–Crippen MR) is 98.9 cm³/mol. The van der Waals surface area contributed by atoms with Crippen molar-refractivity contribution >= 4 is 38.9 Å². The van der Waals surface area contributed by atoms with Gasteiger partial charge in [-0.05, 0) is 24.1 Å². The normalized spacial score (nSPS) is 18.8. The third-order valence-corrected chi connectivity index (χ3v) is 6.59. The second-order valence-corrected chi connectivity index (χ2v) is 9.15. The van der Waals surface area contributed by atoms with Gasteiger partial charge in [0.1, 0.15) is 5.88 Å². The van der Waals surface area contributed by atoms with Crippen molar-refractivity contribution in [3.63, 3.8) is 0 Å². The number of amides is 1. The predicted octanol–water partition coefficient (Wildman–Crippen LogP) is 1.73. The largest absolute Gasteiger partial charge is 0.332 e. The molecule has 1 unspecified atom stereocenters. The van der Waals surface area contributed by atoms with Crippen LogP contribution in [0.15, 0.2) is 30.5 Å². The molecule has 1 aliphatic rings. The summed E-state index contributed by atoms with van der Waals surface area (Å²) in [6.07, 6.45) is 2.00. The van der Waals surface area contributed by atoms with E-state index in [1.54, 1.807) is 23.0 Å². The molecule has 1 atom stereocenters. The second kappa shape index (κ2) is 7.94. The molecule has 140 valence electrons. The maximum absolute atomic E-state index is 12.3. The Morgan fingerprint density at radius 2 is 2.04 bits per heavy atom. The summed E-state index contributed by atoms with van der Waals surface area (Å²) in [5, 5.41) is 8.65. The van der Waals surface area contributed by atoms with Crippen LogP contribution in [0.25, 0.3) is 0 Å². The molecule has 0 bridgehead atoms. The summed E-state index contributed by atoms with van der Waals surface area (Å²) < 4.78 is 25.2. The molecule has 1 fully saturated rings. The highest BCUT2D eigenvalue weighted by Gasteiger charge is 2.34. The number of halogens is 2. The van der Waals surface area contributed by atoms with Crippen molar-refractivity contribution in [3.8, 4) is 0 Å². The van der Waals surface area contributed by atoms with E-state index in [1.807, 2.05) is 12.1 Å². The molecule has 1 aromatic carbocycles. The number of carbonyl (C=O) groups is 1. The van der Waals surface area contributed by atoms with Gasteiger partial charge in [0.2, 0.25) is 5.91 Å². The van der Waals surface area contributed by atoms with Gasteiger partial charge in [0.25, 0.3) is 0 Å². The summed E-state index contributed by atoms with van der Waals surface area (Å²) in [5.74, 6) is -0.441. The molecule has 0 radical (unpaired) electrons. The third kappa shape index (κ3) is 4.55. The molecule has 3 rings (SSSR count). The number of hydrogen-bond acceptors (Lipinski definition) is 5. The van der Waals surface area contributed by atoms with Crippen LogP contribution >= 0.6 is 23.2 Å². The number of sulfone groups is 1. The number of rotatable bonds is 6. The maximum atomic E-state index is 12.3. The van der Waals surface area contributed by atoms with Crippen LogP contribution in [0.5, 0.6) is 0 Å². The van der Waals surface area contributed by atoms with Crippen LogP contribution in [0, 0.1) is 0 Å². The fraction of sp³-hybridized carbons (Fsp3) is 0.438. The van der Waals surface area contributed by atoms with Crippen molar-refractivity contribution in [1.82, 2.24) is 19.9 Å². The van der Waals surface area contributed by atoms with Gasteiger partial charge in [0.05, 0.1) is 36.5 Å². The molecule has 10 heteroatoms. The molecule has 0 saturated carbocycles. The highest BCUT2D eigenvalue weighted by atomic mass is 35.5. The Kier molecular flexibility index (Phi) is 5.84. The zero-order chi connectivity index (χ0) is 18.7. The van der Waals surface area contributed by atoms with E-state index in [0.717, 1.165) is 5.56 Å². The lowest BCUT2D eigenvalue weighted by Gasteiger charge is -2.27. The monoisotopic (exact) mass is 416 g/mol. The standard InChI is InChI=1S/C16H18Cl2N4O3S/c17-7-16(23)21(14-5-6-26(24,25)11-14)10-15-8-19-20-22(15)9-12-1-3-13(18)4-2-12/h1-4,8,14H,5-7,9-11H2. The zero-order valence-corrected chi connectivity index (χ0v) is 16.2. The molecular weight excluding hydrogens is 399 g/mol. The SMILES string of the molecule is O=C(CCl)N(Cc1cnnn1Cc1ccc(Cl)cc1)C1CCS(=O)(=O)C1. The third-order valence-electron chi connectivity index (χ3n) is 4.36. The fourth-order valence-electron chi connectivity index (χ4n) is 2.99. The minimum absolute atomic E-state index is 0.0334. The Morgan fingerprint density at radius 1 is 1.31 bits per heavy atom. The van der Waals surface area contributed by atoms with Crippen molar-refractivity contribution < 1.29 is 13.2 Å². The topological polar surface area (TPSA) is 85.2 Å². The van der Waals surface area contributed by atoms with Gasteiger partial charge in [0.15, 0.2) is 9.84 Å². The van der Waals surface area contributed by atoms with Crippen LogP contribution in [0.2, 0.25) is 5.02 Å². The van der Waals surface area contributed by atoms with Crippen LogP contribution in [0.4, 0.5) is 0 Å². The first-order valence-electron chi connectivity index (χ1n) is 8.05. The van der Waals surface area contributed by atoms with Gasteiger partial charge in [-0.1, -0.05) is 28.9 Å². The Labute approximate surface area is 161 Å². The van der Waals surface area contributed by atoms with Crippen LogP contribution in [-0.4, -0.2) is 57.6 Å². The Morgan fingerprint density at radius 3 is 2.65 bits per heavy atom. The number of hydrogen-bond donors (Lipinski definition) is 0. The van der Waals surface area contributed by atoms with Gasteiger partial charge in [-0.2, -0.15) is 0 Å². The number of aromatic nitrogens is 3.